The third kappa shape index (κ3) is 5.31. The molecule has 31 heavy (non-hydrogen) atoms. The van der Waals surface area contributed by atoms with Crippen molar-refractivity contribution in [2.75, 3.05) is 39.1 Å². The summed E-state index contributed by atoms with van der Waals surface area (Å²) in [4.78, 5) is 50.6. The van der Waals surface area contributed by atoms with Gasteiger partial charge in [-0.05, 0) is 38.0 Å². The molecule has 1 aromatic carbocycles. The summed E-state index contributed by atoms with van der Waals surface area (Å²) in [6.45, 7) is 4.97. The van der Waals surface area contributed by atoms with Crippen LogP contribution in [0.3, 0.4) is 0 Å². The Hall–Kier alpha value is -3.60. The van der Waals surface area contributed by atoms with Gasteiger partial charge in [0.05, 0.1) is 44.3 Å². The molecule has 168 valence electrons. The fraction of sp³-hybridized carbons (Fsp3) is 0.400. The minimum Gasteiger partial charge on any atom is -0.466 e. The number of anilines is 1. The van der Waals surface area contributed by atoms with Gasteiger partial charge in [-0.2, -0.15) is 0 Å². The molecule has 0 aliphatic carbocycles. The summed E-state index contributed by atoms with van der Waals surface area (Å²) < 4.78 is 19.8. The van der Waals surface area contributed by atoms with Crippen molar-refractivity contribution in [3.63, 3.8) is 0 Å². The average molecular weight is 435 g/mol. The van der Waals surface area contributed by atoms with Gasteiger partial charge in [0, 0.05) is 0 Å². The summed E-state index contributed by atoms with van der Waals surface area (Å²) in [5.74, 6) is -2.21. The third-order valence-electron chi connectivity index (χ3n) is 4.36. The van der Waals surface area contributed by atoms with Crippen LogP contribution in [0.5, 0.6) is 0 Å². The van der Waals surface area contributed by atoms with Gasteiger partial charge < -0.3 is 23.8 Å². The number of aryl methyl sites for hydroxylation is 2. The largest absolute Gasteiger partial charge is 0.466 e. The molecule has 1 aliphatic heterocycles. The minimum atomic E-state index is -0.827. The Bertz CT molecular complexity index is 925. The van der Waals surface area contributed by atoms with Crippen molar-refractivity contribution < 1.29 is 38.1 Å². The zero-order chi connectivity index (χ0) is 23.1. The summed E-state index contributed by atoms with van der Waals surface area (Å²) in [5.41, 5.74) is 6.06. The number of rotatable bonds is 5. The van der Waals surface area contributed by atoms with Gasteiger partial charge >= 0.3 is 18.0 Å². The SMILES string of the molecule is CCOC(=O)NNC(=O)c1c(C)cc(C)cc1N1COCC(C(=O)OC)=C1C(=O)OC. The van der Waals surface area contributed by atoms with Gasteiger partial charge in [-0.25, -0.2) is 19.8 Å². The van der Waals surface area contributed by atoms with Gasteiger partial charge in [-0.3, -0.25) is 10.2 Å². The molecule has 0 saturated heterocycles. The van der Waals surface area contributed by atoms with Crippen molar-refractivity contribution in [3.8, 4) is 0 Å². The van der Waals surface area contributed by atoms with Gasteiger partial charge in [0.25, 0.3) is 5.91 Å². The topological polar surface area (TPSA) is 132 Å². The zero-order valence-electron chi connectivity index (χ0n) is 18.0. The Labute approximate surface area is 179 Å². The number of hydrogen-bond donors (Lipinski definition) is 2. The molecular weight excluding hydrogens is 410 g/mol. The van der Waals surface area contributed by atoms with E-state index < -0.39 is 23.9 Å². The number of ether oxygens (including phenoxy) is 4. The number of esters is 2. The highest BCUT2D eigenvalue weighted by Gasteiger charge is 2.34. The molecule has 0 spiro atoms. The maximum atomic E-state index is 12.9. The highest BCUT2D eigenvalue weighted by atomic mass is 16.6. The Morgan fingerprint density at radius 2 is 1.74 bits per heavy atom. The van der Waals surface area contributed by atoms with E-state index in [0.717, 1.165) is 5.56 Å². The summed E-state index contributed by atoms with van der Waals surface area (Å²) in [6.07, 6.45) is -0.827. The molecule has 11 heteroatoms. The molecule has 2 rings (SSSR count). The molecule has 2 amide bonds. The third-order valence-corrected chi connectivity index (χ3v) is 4.36. The molecule has 0 radical (unpaired) electrons. The second-order valence-electron chi connectivity index (χ2n) is 6.49. The van der Waals surface area contributed by atoms with Gasteiger partial charge in [0.15, 0.2) is 0 Å². The summed E-state index contributed by atoms with van der Waals surface area (Å²) >= 11 is 0. The lowest BCUT2D eigenvalue weighted by molar-refractivity contribution is -0.140. The number of benzene rings is 1. The van der Waals surface area contributed by atoms with Crippen LogP contribution in [0.15, 0.2) is 23.4 Å². The second kappa shape index (κ2) is 10.4. The maximum absolute atomic E-state index is 12.9. The molecule has 1 aliphatic rings. The molecule has 1 heterocycles. The van der Waals surface area contributed by atoms with E-state index >= 15 is 0 Å². The van der Waals surface area contributed by atoms with Crippen LogP contribution in [-0.2, 0) is 28.5 Å². The van der Waals surface area contributed by atoms with Crippen LogP contribution in [0.1, 0.15) is 28.4 Å². The first kappa shape index (κ1) is 23.7. The molecule has 11 nitrogen and oxygen atoms in total. The first-order valence-electron chi connectivity index (χ1n) is 9.34. The molecule has 0 fully saturated rings. The lowest BCUT2D eigenvalue weighted by atomic mass is 10.0. The van der Waals surface area contributed by atoms with E-state index in [2.05, 4.69) is 10.9 Å². The van der Waals surface area contributed by atoms with Crippen LogP contribution in [0.4, 0.5) is 10.5 Å². The smallest absolute Gasteiger partial charge is 0.426 e. The standard InChI is InChI=1S/C20H25N3O8/c1-6-31-20(27)22-21-17(24)15-12(3)7-11(2)8-14(15)23-10-30-9-13(18(25)28-4)16(23)19(26)29-5/h7-8H,6,9-10H2,1-5H3,(H,21,24)(H,22,27). The van der Waals surface area contributed by atoms with Crippen LogP contribution < -0.4 is 15.8 Å². The highest BCUT2D eigenvalue weighted by Crippen LogP contribution is 2.32. The number of hydrogen-bond acceptors (Lipinski definition) is 9. The number of amides is 2. The van der Waals surface area contributed by atoms with Crippen LogP contribution in [-0.4, -0.2) is 58.1 Å². The van der Waals surface area contributed by atoms with E-state index in [-0.39, 0.29) is 42.5 Å². The van der Waals surface area contributed by atoms with Gasteiger partial charge in [-0.1, -0.05) is 6.07 Å². The predicted molar refractivity (Wildman–Crippen MR) is 108 cm³/mol. The summed E-state index contributed by atoms with van der Waals surface area (Å²) in [6, 6.07) is 3.41. The van der Waals surface area contributed by atoms with Crippen LogP contribution >= 0.6 is 0 Å². The lowest BCUT2D eigenvalue weighted by Gasteiger charge is -2.33. The Morgan fingerprint density at radius 3 is 2.35 bits per heavy atom. The average Bonchev–Trinajstić information content (AvgIpc) is 2.75. The van der Waals surface area contributed by atoms with E-state index in [1.807, 2.05) is 6.92 Å². The minimum absolute atomic E-state index is 0.0456. The summed E-state index contributed by atoms with van der Waals surface area (Å²) in [7, 11) is 2.36. The van der Waals surface area contributed by atoms with E-state index in [9.17, 15) is 19.2 Å². The fourth-order valence-corrected chi connectivity index (χ4v) is 3.12. The normalized spacial score (nSPS) is 13.4. The zero-order valence-corrected chi connectivity index (χ0v) is 18.0. The quantitative estimate of drug-likeness (QED) is 0.396. The molecule has 0 unspecified atom stereocenters. The van der Waals surface area contributed by atoms with Gasteiger partial charge in [0.1, 0.15) is 12.4 Å². The predicted octanol–water partition coefficient (Wildman–Crippen LogP) is 1.09. The maximum Gasteiger partial charge on any atom is 0.426 e. The molecule has 0 atom stereocenters. The molecule has 0 aromatic heterocycles. The van der Waals surface area contributed by atoms with Gasteiger partial charge in [-0.15, -0.1) is 0 Å². The second-order valence-corrected chi connectivity index (χ2v) is 6.49. The molecule has 1 aromatic rings. The van der Waals surface area contributed by atoms with Crippen molar-refractivity contribution in [1.29, 1.82) is 0 Å². The Morgan fingerprint density at radius 1 is 1.06 bits per heavy atom. The summed E-state index contributed by atoms with van der Waals surface area (Å²) in [5, 5.41) is 0. The number of nitrogens with one attached hydrogen (secondary N) is 2. The van der Waals surface area contributed by atoms with E-state index in [1.165, 1.54) is 19.1 Å². The van der Waals surface area contributed by atoms with Crippen LogP contribution in [0.2, 0.25) is 0 Å². The Balaban J connectivity index is 2.58. The number of hydrazine groups is 1. The molecule has 2 N–H and O–H groups in total. The molecular formula is C20H25N3O8. The van der Waals surface area contributed by atoms with E-state index in [1.54, 1.807) is 26.0 Å². The van der Waals surface area contributed by atoms with E-state index in [4.69, 9.17) is 18.9 Å². The van der Waals surface area contributed by atoms with Crippen molar-refractivity contribution in [2.24, 2.45) is 0 Å². The van der Waals surface area contributed by atoms with E-state index in [0.29, 0.717) is 5.56 Å². The first-order valence-corrected chi connectivity index (χ1v) is 9.34. The highest BCUT2D eigenvalue weighted by molar-refractivity contribution is 6.07. The monoisotopic (exact) mass is 435 g/mol. The van der Waals surface area contributed by atoms with Gasteiger partial charge in [0.2, 0.25) is 0 Å². The van der Waals surface area contributed by atoms with Crippen molar-refractivity contribution >= 4 is 29.6 Å². The number of carbonyl (C=O) groups is 4. The van der Waals surface area contributed by atoms with Crippen molar-refractivity contribution in [2.45, 2.75) is 20.8 Å². The number of methoxy groups -OCH3 is 2. The fourth-order valence-electron chi connectivity index (χ4n) is 3.12. The van der Waals surface area contributed by atoms with Crippen molar-refractivity contribution in [1.82, 2.24) is 10.9 Å². The van der Waals surface area contributed by atoms with Crippen molar-refractivity contribution in [3.05, 3.63) is 40.1 Å². The Kier molecular flexibility index (Phi) is 7.97. The molecule has 0 saturated carbocycles. The molecule has 0 bridgehead atoms. The van der Waals surface area contributed by atoms with Crippen LogP contribution in [0, 0.1) is 13.8 Å². The first-order chi connectivity index (χ1) is 14.7. The van der Waals surface area contributed by atoms with Crippen LogP contribution in [0.25, 0.3) is 0 Å². The number of nitrogens with zero attached hydrogens (tertiary/aromatic N) is 1. The lowest BCUT2D eigenvalue weighted by Crippen LogP contribution is -2.44. The number of carbonyl (C=O) groups excluding carboxylic acids is 4.